The van der Waals surface area contributed by atoms with Crippen LogP contribution in [0, 0.1) is 6.92 Å². The van der Waals surface area contributed by atoms with Crippen molar-refractivity contribution < 1.29 is 31.4 Å². The van der Waals surface area contributed by atoms with Crippen LogP contribution in [0.15, 0.2) is 54.6 Å². The lowest BCUT2D eigenvalue weighted by Crippen LogP contribution is -2.53. The third-order valence-corrected chi connectivity index (χ3v) is 4.62. The fraction of sp³-hybridized carbons (Fsp3) is 0.400. The van der Waals surface area contributed by atoms with Crippen molar-refractivity contribution in [3.8, 4) is 0 Å². The molecule has 8 heteroatoms. The number of nitrogens with one attached hydrogen (secondary N) is 1. The molecule has 1 atom stereocenters. The molecule has 2 aromatic carbocycles. The minimum Gasteiger partial charge on any atom is -0.369 e. The molecule has 3 rings (SSSR count). The molecule has 0 amide bonds. The first-order valence-electron chi connectivity index (χ1n) is 8.65. The van der Waals surface area contributed by atoms with E-state index in [9.17, 15) is 31.4 Å². The third-order valence-electron chi connectivity index (χ3n) is 4.62. The highest BCUT2D eigenvalue weighted by atomic mass is 19.4. The maximum Gasteiger partial charge on any atom is 0.430 e. The maximum atomic E-state index is 12.7. The van der Waals surface area contributed by atoms with Gasteiger partial charge in [0.15, 0.2) is 0 Å². The summed E-state index contributed by atoms with van der Waals surface area (Å²) in [4.78, 5) is 0. The number of rotatable bonds is 2. The van der Waals surface area contributed by atoms with Gasteiger partial charge in [-0.25, -0.2) is 0 Å². The Labute approximate surface area is 159 Å². The van der Waals surface area contributed by atoms with E-state index in [1.54, 1.807) is 0 Å². The Morgan fingerprint density at radius 2 is 1.39 bits per heavy atom. The molecule has 1 aliphatic heterocycles. The van der Waals surface area contributed by atoms with Crippen LogP contribution in [0.25, 0.3) is 0 Å². The molecule has 0 bridgehead atoms. The smallest absolute Gasteiger partial charge is 0.369 e. The van der Waals surface area contributed by atoms with E-state index in [2.05, 4.69) is 24.4 Å². The Morgan fingerprint density at radius 3 is 1.75 bits per heavy atom. The molecule has 1 heterocycles. The summed E-state index contributed by atoms with van der Waals surface area (Å²) in [7, 11) is 0. The Balaban J connectivity index is 0.000000336. The highest BCUT2D eigenvalue weighted by molar-refractivity contribution is 5.32. The zero-order valence-electron chi connectivity index (χ0n) is 15.1. The van der Waals surface area contributed by atoms with Gasteiger partial charge < -0.3 is 10.4 Å². The Morgan fingerprint density at radius 1 is 0.857 bits per heavy atom. The SMILES string of the molecule is Cc1ccccc1.OC(c1ccc(C2CCNC2)cc1)(C(F)(F)F)C(F)(F)F. The van der Waals surface area contributed by atoms with Gasteiger partial charge in [0.05, 0.1) is 0 Å². The molecule has 0 radical (unpaired) electrons. The van der Waals surface area contributed by atoms with Crippen molar-refractivity contribution in [2.24, 2.45) is 0 Å². The number of halogens is 6. The molecule has 2 nitrogen and oxygen atoms in total. The molecule has 28 heavy (non-hydrogen) atoms. The third kappa shape index (κ3) is 4.86. The van der Waals surface area contributed by atoms with Gasteiger partial charge in [-0.2, -0.15) is 26.3 Å². The second kappa shape index (κ2) is 8.53. The average molecular weight is 405 g/mol. The predicted octanol–water partition coefficient (Wildman–Crippen LogP) is 5.07. The van der Waals surface area contributed by atoms with Gasteiger partial charge in [0.2, 0.25) is 0 Å². The second-order valence-corrected chi connectivity index (χ2v) is 6.67. The number of hydrogen-bond acceptors (Lipinski definition) is 2. The molecule has 2 N–H and O–H groups in total. The summed E-state index contributed by atoms with van der Waals surface area (Å²) in [5.74, 6) is 0.0592. The van der Waals surface area contributed by atoms with Crippen LogP contribution >= 0.6 is 0 Å². The first-order valence-corrected chi connectivity index (χ1v) is 8.65. The first kappa shape index (κ1) is 22.2. The average Bonchev–Trinajstić information content (AvgIpc) is 3.15. The predicted molar refractivity (Wildman–Crippen MR) is 93.9 cm³/mol. The van der Waals surface area contributed by atoms with Gasteiger partial charge in [0.1, 0.15) is 0 Å². The number of hydrogen-bond donors (Lipinski definition) is 2. The van der Waals surface area contributed by atoms with Crippen LogP contribution in [0.2, 0.25) is 0 Å². The largest absolute Gasteiger partial charge is 0.430 e. The van der Waals surface area contributed by atoms with Crippen molar-refractivity contribution in [3.05, 3.63) is 71.3 Å². The number of benzene rings is 2. The second-order valence-electron chi connectivity index (χ2n) is 6.67. The van der Waals surface area contributed by atoms with Crippen LogP contribution in [0.1, 0.15) is 29.0 Å². The van der Waals surface area contributed by atoms with E-state index in [1.807, 2.05) is 18.2 Å². The minimum absolute atomic E-state index is 0.0592. The van der Waals surface area contributed by atoms with Crippen LogP contribution < -0.4 is 5.32 Å². The molecule has 0 saturated carbocycles. The lowest BCUT2D eigenvalue weighted by Gasteiger charge is -2.32. The molecule has 1 saturated heterocycles. The molecule has 2 aromatic rings. The van der Waals surface area contributed by atoms with Gasteiger partial charge in [-0.1, -0.05) is 60.2 Å². The Bertz CT molecular complexity index is 720. The summed E-state index contributed by atoms with van der Waals surface area (Å²) in [6.07, 6.45) is -10.9. The van der Waals surface area contributed by atoms with Crippen molar-refractivity contribution in [2.75, 3.05) is 13.1 Å². The van der Waals surface area contributed by atoms with Gasteiger partial charge in [0, 0.05) is 12.1 Å². The highest BCUT2D eigenvalue weighted by Gasteiger charge is 2.71. The Hall–Kier alpha value is -2.06. The van der Waals surface area contributed by atoms with E-state index in [0.717, 1.165) is 13.0 Å². The minimum atomic E-state index is -5.85. The summed E-state index contributed by atoms with van der Waals surface area (Å²) in [6.45, 7) is 3.46. The number of aryl methyl sites for hydroxylation is 1. The van der Waals surface area contributed by atoms with Crippen LogP contribution in [0.3, 0.4) is 0 Å². The molecular formula is C20H21F6NO. The quantitative estimate of drug-likeness (QED) is 0.684. The molecule has 1 aliphatic rings. The molecule has 1 unspecified atom stereocenters. The summed E-state index contributed by atoms with van der Waals surface area (Å²) < 4.78 is 76.2. The van der Waals surface area contributed by atoms with Crippen molar-refractivity contribution in [2.45, 2.75) is 37.2 Å². The summed E-state index contributed by atoms with van der Waals surface area (Å²) >= 11 is 0. The molecule has 0 aliphatic carbocycles. The normalized spacial score (nSPS) is 17.8. The van der Waals surface area contributed by atoms with Crippen molar-refractivity contribution in [1.29, 1.82) is 0 Å². The number of aliphatic hydroxyl groups is 1. The maximum absolute atomic E-state index is 12.7. The lowest BCUT2D eigenvalue weighted by atomic mass is 9.89. The monoisotopic (exact) mass is 405 g/mol. The van der Waals surface area contributed by atoms with E-state index in [4.69, 9.17) is 0 Å². The van der Waals surface area contributed by atoms with Crippen molar-refractivity contribution in [1.82, 2.24) is 5.32 Å². The van der Waals surface area contributed by atoms with Gasteiger partial charge in [-0.15, -0.1) is 0 Å². The zero-order valence-corrected chi connectivity index (χ0v) is 15.1. The van der Waals surface area contributed by atoms with Gasteiger partial charge in [-0.3, -0.25) is 0 Å². The van der Waals surface area contributed by atoms with Gasteiger partial charge in [-0.05, 0) is 31.4 Å². The van der Waals surface area contributed by atoms with Gasteiger partial charge in [0.25, 0.3) is 5.60 Å². The molecule has 1 fully saturated rings. The molecular weight excluding hydrogens is 384 g/mol. The standard InChI is InChI=1S/C13H13F6NO.C7H8/c14-12(15,16)11(21,13(17,18)19)10-3-1-8(2-4-10)9-5-6-20-7-9;1-7-5-3-2-4-6-7/h1-4,9,20-21H,5-7H2;2-6H,1H3. The summed E-state index contributed by atoms with van der Waals surface area (Å²) in [6, 6.07) is 14.0. The van der Waals surface area contributed by atoms with E-state index in [0.29, 0.717) is 24.2 Å². The van der Waals surface area contributed by atoms with Gasteiger partial charge >= 0.3 is 12.4 Å². The first-order chi connectivity index (χ1) is 13.0. The van der Waals surface area contributed by atoms with E-state index in [-0.39, 0.29) is 5.92 Å². The van der Waals surface area contributed by atoms with E-state index in [1.165, 1.54) is 17.7 Å². The molecule has 0 aromatic heterocycles. The fourth-order valence-corrected chi connectivity index (χ4v) is 2.96. The van der Waals surface area contributed by atoms with Crippen molar-refractivity contribution >= 4 is 0 Å². The van der Waals surface area contributed by atoms with E-state index >= 15 is 0 Å². The Kier molecular flexibility index (Phi) is 6.77. The van der Waals surface area contributed by atoms with Crippen LogP contribution in [-0.4, -0.2) is 30.5 Å². The summed E-state index contributed by atoms with van der Waals surface area (Å²) in [5, 5.41) is 12.3. The zero-order chi connectivity index (χ0) is 21.0. The van der Waals surface area contributed by atoms with Crippen LogP contribution in [0.4, 0.5) is 26.3 Å². The topological polar surface area (TPSA) is 32.3 Å². The van der Waals surface area contributed by atoms with Crippen LogP contribution in [-0.2, 0) is 5.60 Å². The lowest BCUT2D eigenvalue weighted by molar-refractivity contribution is -0.376. The fourth-order valence-electron chi connectivity index (χ4n) is 2.96. The number of alkyl halides is 6. The summed E-state index contributed by atoms with van der Waals surface area (Å²) in [5.41, 5.74) is -4.11. The van der Waals surface area contributed by atoms with E-state index < -0.39 is 23.5 Å². The molecule has 0 spiro atoms. The van der Waals surface area contributed by atoms with Crippen LogP contribution in [0.5, 0.6) is 0 Å². The highest BCUT2D eigenvalue weighted by Crippen LogP contribution is 2.50. The molecule has 154 valence electrons. The van der Waals surface area contributed by atoms with Crippen molar-refractivity contribution in [3.63, 3.8) is 0 Å².